The topological polar surface area (TPSA) is 12.9 Å². The first kappa shape index (κ1) is 11.5. The average Bonchev–Trinajstić information content (AvgIpc) is 2.39. The van der Waals surface area contributed by atoms with Crippen molar-refractivity contribution in [3.8, 4) is 11.1 Å². The van der Waals surface area contributed by atoms with Gasteiger partial charge >= 0.3 is 0 Å². The van der Waals surface area contributed by atoms with Crippen LogP contribution < -0.4 is 0 Å². The molecule has 0 atom stereocenters. The SMILES string of the molecule is C/C=C(/F)c1ncc(-c2ccccc2)cc1C. The maximum atomic E-state index is 13.5. The summed E-state index contributed by atoms with van der Waals surface area (Å²) < 4.78 is 13.5. The third-order valence-electron chi connectivity index (χ3n) is 2.67. The molecule has 1 heterocycles. The van der Waals surface area contributed by atoms with Gasteiger partial charge in [-0.15, -0.1) is 0 Å². The van der Waals surface area contributed by atoms with E-state index in [0.717, 1.165) is 16.7 Å². The first-order valence-corrected chi connectivity index (χ1v) is 5.56. The van der Waals surface area contributed by atoms with E-state index < -0.39 is 0 Å². The van der Waals surface area contributed by atoms with E-state index in [1.807, 2.05) is 43.3 Å². The monoisotopic (exact) mass is 227 g/mol. The minimum absolute atomic E-state index is 0.276. The third kappa shape index (κ3) is 2.41. The van der Waals surface area contributed by atoms with Crippen LogP contribution in [0, 0.1) is 6.92 Å². The Bertz CT molecular complexity index is 544. The van der Waals surface area contributed by atoms with Crippen molar-refractivity contribution in [1.29, 1.82) is 0 Å². The van der Waals surface area contributed by atoms with Crippen molar-refractivity contribution in [3.63, 3.8) is 0 Å². The minimum atomic E-state index is -0.276. The summed E-state index contributed by atoms with van der Waals surface area (Å²) in [4.78, 5) is 4.18. The highest BCUT2D eigenvalue weighted by molar-refractivity contribution is 5.67. The molecule has 0 spiro atoms. The lowest BCUT2D eigenvalue weighted by Gasteiger charge is -2.06. The van der Waals surface area contributed by atoms with E-state index in [-0.39, 0.29) is 5.83 Å². The van der Waals surface area contributed by atoms with E-state index >= 15 is 0 Å². The molecule has 0 unspecified atom stereocenters. The van der Waals surface area contributed by atoms with E-state index in [1.165, 1.54) is 6.08 Å². The second kappa shape index (κ2) is 4.91. The van der Waals surface area contributed by atoms with Crippen LogP contribution in [0.4, 0.5) is 4.39 Å². The van der Waals surface area contributed by atoms with Gasteiger partial charge in [0.05, 0.1) is 0 Å². The van der Waals surface area contributed by atoms with Crippen molar-refractivity contribution < 1.29 is 4.39 Å². The summed E-state index contributed by atoms with van der Waals surface area (Å²) in [5, 5.41) is 0. The van der Waals surface area contributed by atoms with E-state index in [0.29, 0.717) is 5.69 Å². The van der Waals surface area contributed by atoms with E-state index in [1.54, 1.807) is 13.1 Å². The van der Waals surface area contributed by atoms with Crippen LogP contribution >= 0.6 is 0 Å². The molecule has 2 rings (SSSR count). The number of hydrogen-bond acceptors (Lipinski definition) is 1. The summed E-state index contributed by atoms with van der Waals surface area (Å²) in [7, 11) is 0. The van der Waals surface area contributed by atoms with Crippen LogP contribution in [0.3, 0.4) is 0 Å². The quantitative estimate of drug-likeness (QED) is 0.741. The Kier molecular flexibility index (Phi) is 3.33. The second-order valence-electron chi connectivity index (χ2n) is 3.89. The molecule has 17 heavy (non-hydrogen) atoms. The highest BCUT2D eigenvalue weighted by Crippen LogP contribution is 2.24. The number of rotatable bonds is 2. The van der Waals surface area contributed by atoms with Gasteiger partial charge < -0.3 is 0 Å². The normalized spacial score (nSPS) is 11.6. The van der Waals surface area contributed by atoms with Crippen LogP contribution in [0.2, 0.25) is 0 Å². The maximum absolute atomic E-state index is 13.5. The number of aryl methyl sites for hydroxylation is 1. The summed E-state index contributed by atoms with van der Waals surface area (Å²) in [6.07, 6.45) is 3.14. The molecule has 0 amide bonds. The molecule has 0 saturated heterocycles. The van der Waals surface area contributed by atoms with Crippen molar-refractivity contribution in [2.45, 2.75) is 13.8 Å². The maximum Gasteiger partial charge on any atom is 0.144 e. The number of halogens is 1. The zero-order valence-electron chi connectivity index (χ0n) is 9.94. The fraction of sp³-hybridized carbons (Fsp3) is 0.133. The summed E-state index contributed by atoms with van der Waals surface area (Å²) in [5.41, 5.74) is 3.38. The van der Waals surface area contributed by atoms with Gasteiger partial charge in [0.25, 0.3) is 0 Å². The van der Waals surface area contributed by atoms with Gasteiger partial charge in [-0.2, -0.15) is 0 Å². The van der Waals surface area contributed by atoms with Crippen LogP contribution in [0.5, 0.6) is 0 Å². The van der Waals surface area contributed by atoms with Crippen LogP contribution in [-0.4, -0.2) is 4.98 Å². The van der Waals surface area contributed by atoms with Gasteiger partial charge in [0.15, 0.2) is 0 Å². The zero-order valence-corrected chi connectivity index (χ0v) is 9.94. The predicted octanol–water partition coefficient (Wildman–Crippen LogP) is 4.39. The summed E-state index contributed by atoms with van der Waals surface area (Å²) in [5.74, 6) is -0.276. The lowest BCUT2D eigenvalue weighted by molar-refractivity contribution is 0.749. The summed E-state index contributed by atoms with van der Waals surface area (Å²) in [6, 6.07) is 11.9. The number of benzene rings is 1. The Balaban J connectivity index is 2.45. The standard InChI is InChI=1S/C15H14FN/c1-3-14(16)15-11(2)9-13(10-17-15)12-7-5-4-6-8-12/h3-10H,1-2H3/b14-3+. The molecule has 0 aliphatic carbocycles. The Morgan fingerprint density at radius 3 is 2.47 bits per heavy atom. The predicted molar refractivity (Wildman–Crippen MR) is 69.2 cm³/mol. The molecule has 0 saturated carbocycles. The number of allylic oxidation sites excluding steroid dienone is 1. The van der Waals surface area contributed by atoms with Gasteiger partial charge in [0, 0.05) is 11.8 Å². The van der Waals surface area contributed by atoms with Crippen molar-refractivity contribution in [3.05, 3.63) is 59.9 Å². The van der Waals surface area contributed by atoms with Gasteiger partial charge in [0.2, 0.25) is 0 Å². The lowest BCUT2D eigenvalue weighted by atomic mass is 10.0. The van der Waals surface area contributed by atoms with Gasteiger partial charge in [-0.1, -0.05) is 30.3 Å². The zero-order chi connectivity index (χ0) is 12.3. The minimum Gasteiger partial charge on any atom is -0.253 e. The number of pyridine rings is 1. The Labute approximate surface area is 101 Å². The first-order chi connectivity index (χ1) is 8.22. The van der Waals surface area contributed by atoms with Gasteiger partial charge in [-0.25, -0.2) is 4.39 Å². The molecule has 0 aliphatic rings. The van der Waals surface area contributed by atoms with Crippen molar-refractivity contribution >= 4 is 5.83 Å². The molecule has 0 aliphatic heterocycles. The Morgan fingerprint density at radius 1 is 1.18 bits per heavy atom. The smallest absolute Gasteiger partial charge is 0.144 e. The van der Waals surface area contributed by atoms with Crippen LogP contribution in [0.15, 0.2) is 48.7 Å². The fourth-order valence-corrected chi connectivity index (χ4v) is 1.75. The van der Waals surface area contributed by atoms with Crippen molar-refractivity contribution in [2.75, 3.05) is 0 Å². The Morgan fingerprint density at radius 2 is 1.88 bits per heavy atom. The molecule has 0 N–H and O–H groups in total. The molecule has 1 nitrogen and oxygen atoms in total. The number of hydrogen-bond donors (Lipinski definition) is 0. The molecule has 0 bridgehead atoms. The third-order valence-corrected chi connectivity index (χ3v) is 2.67. The van der Waals surface area contributed by atoms with E-state index in [2.05, 4.69) is 4.98 Å². The molecule has 1 aromatic heterocycles. The van der Waals surface area contributed by atoms with Gasteiger partial charge in [-0.05, 0) is 37.1 Å². The largest absolute Gasteiger partial charge is 0.253 e. The number of aromatic nitrogens is 1. The van der Waals surface area contributed by atoms with Crippen LogP contribution in [0.1, 0.15) is 18.2 Å². The van der Waals surface area contributed by atoms with Crippen molar-refractivity contribution in [2.24, 2.45) is 0 Å². The lowest BCUT2D eigenvalue weighted by Crippen LogP contribution is -1.91. The van der Waals surface area contributed by atoms with Crippen molar-refractivity contribution in [1.82, 2.24) is 4.98 Å². The van der Waals surface area contributed by atoms with Crippen LogP contribution in [-0.2, 0) is 0 Å². The molecule has 1 aromatic carbocycles. The molecule has 2 aromatic rings. The molecular formula is C15H14FN. The van der Waals surface area contributed by atoms with Gasteiger partial charge in [-0.3, -0.25) is 4.98 Å². The van der Waals surface area contributed by atoms with E-state index in [9.17, 15) is 4.39 Å². The molecule has 0 fully saturated rings. The van der Waals surface area contributed by atoms with Gasteiger partial charge in [0.1, 0.15) is 11.5 Å². The van der Waals surface area contributed by atoms with Crippen LogP contribution in [0.25, 0.3) is 17.0 Å². The molecule has 0 radical (unpaired) electrons. The molecule has 2 heteroatoms. The Hall–Kier alpha value is -1.96. The second-order valence-corrected chi connectivity index (χ2v) is 3.89. The van der Waals surface area contributed by atoms with E-state index in [4.69, 9.17) is 0 Å². The number of nitrogens with zero attached hydrogens (tertiary/aromatic N) is 1. The molecule has 86 valence electrons. The summed E-state index contributed by atoms with van der Waals surface area (Å²) >= 11 is 0. The average molecular weight is 227 g/mol. The summed E-state index contributed by atoms with van der Waals surface area (Å²) in [6.45, 7) is 3.54. The highest BCUT2D eigenvalue weighted by Gasteiger charge is 2.06. The highest BCUT2D eigenvalue weighted by atomic mass is 19.1. The first-order valence-electron chi connectivity index (χ1n) is 5.56. The fourth-order valence-electron chi connectivity index (χ4n) is 1.75. The molecular weight excluding hydrogens is 213 g/mol.